The third-order valence-corrected chi connectivity index (χ3v) is 3.77. The van der Waals surface area contributed by atoms with Gasteiger partial charge in [-0.15, -0.1) is 0 Å². The van der Waals surface area contributed by atoms with Crippen molar-refractivity contribution in [3.05, 3.63) is 0 Å². The molecule has 1 saturated heterocycles. The van der Waals surface area contributed by atoms with Crippen LogP contribution in [0.25, 0.3) is 0 Å². The summed E-state index contributed by atoms with van der Waals surface area (Å²) in [7, 11) is 3.15. The maximum Gasteiger partial charge on any atom is 0.236 e. The molecular weight excluding hydrogens is 278 g/mol. The zero-order valence-electron chi connectivity index (χ0n) is 12.7. The number of nitrogens with two attached hydrogens (primary N) is 1. The SMILES string of the molecule is COCCN(CCOC)C(=O)C1(C(N)=NO)CCOCC1. The van der Waals surface area contributed by atoms with E-state index in [9.17, 15) is 4.79 Å². The molecule has 21 heavy (non-hydrogen) atoms. The molecule has 0 aromatic carbocycles. The number of ether oxygens (including phenoxy) is 3. The van der Waals surface area contributed by atoms with Gasteiger partial charge in [-0.25, -0.2) is 0 Å². The Bertz CT molecular complexity index is 348. The van der Waals surface area contributed by atoms with Crippen molar-refractivity contribution in [3.63, 3.8) is 0 Å². The van der Waals surface area contributed by atoms with Crippen molar-refractivity contribution in [2.75, 3.05) is 53.7 Å². The molecule has 0 radical (unpaired) electrons. The fraction of sp³-hybridized carbons (Fsp3) is 0.846. The molecule has 122 valence electrons. The summed E-state index contributed by atoms with van der Waals surface area (Å²) in [4.78, 5) is 14.6. The Morgan fingerprint density at radius 3 is 2.24 bits per heavy atom. The molecule has 0 spiro atoms. The summed E-state index contributed by atoms with van der Waals surface area (Å²) in [6, 6.07) is 0. The van der Waals surface area contributed by atoms with Gasteiger partial charge in [0.05, 0.1) is 13.2 Å². The zero-order valence-corrected chi connectivity index (χ0v) is 12.7. The smallest absolute Gasteiger partial charge is 0.236 e. The Balaban J connectivity index is 2.93. The molecule has 1 aliphatic rings. The lowest BCUT2D eigenvalue weighted by atomic mass is 9.77. The Labute approximate surface area is 124 Å². The van der Waals surface area contributed by atoms with E-state index in [1.165, 1.54) is 0 Å². The van der Waals surface area contributed by atoms with Gasteiger partial charge in [-0.05, 0) is 12.8 Å². The molecular formula is C13H25N3O5. The Kier molecular flexibility index (Phi) is 7.41. The molecule has 3 N–H and O–H groups in total. The minimum Gasteiger partial charge on any atom is -0.409 e. The van der Waals surface area contributed by atoms with Crippen LogP contribution in [0.3, 0.4) is 0 Å². The van der Waals surface area contributed by atoms with Gasteiger partial charge in [0.2, 0.25) is 5.91 Å². The van der Waals surface area contributed by atoms with E-state index in [1.807, 2.05) is 0 Å². The maximum atomic E-state index is 12.9. The number of methoxy groups -OCH3 is 2. The quantitative estimate of drug-likeness (QED) is 0.275. The van der Waals surface area contributed by atoms with Gasteiger partial charge in [-0.1, -0.05) is 5.16 Å². The van der Waals surface area contributed by atoms with Gasteiger partial charge in [0.25, 0.3) is 0 Å². The van der Waals surface area contributed by atoms with Gasteiger partial charge >= 0.3 is 0 Å². The Morgan fingerprint density at radius 1 is 1.29 bits per heavy atom. The number of carbonyl (C=O) groups is 1. The van der Waals surface area contributed by atoms with E-state index in [-0.39, 0.29) is 11.7 Å². The van der Waals surface area contributed by atoms with Crippen LogP contribution in [0.1, 0.15) is 12.8 Å². The first-order valence-corrected chi connectivity index (χ1v) is 6.95. The fourth-order valence-corrected chi connectivity index (χ4v) is 2.42. The number of oxime groups is 1. The van der Waals surface area contributed by atoms with Gasteiger partial charge in [0.1, 0.15) is 5.41 Å². The predicted octanol–water partition coefficient (Wildman–Crippen LogP) is -0.349. The largest absolute Gasteiger partial charge is 0.409 e. The second-order valence-corrected chi connectivity index (χ2v) is 4.96. The van der Waals surface area contributed by atoms with Crippen molar-refractivity contribution >= 4 is 11.7 Å². The molecule has 1 heterocycles. The van der Waals surface area contributed by atoms with Gasteiger partial charge in [-0.3, -0.25) is 4.79 Å². The number of amidine groups is 1. The standard InChI is InChI=1S/C13H25N3O5/c1-19-9-5-16(6-10-20-2)12(17)13(11(14)15-18)3-7-21-8-4-13/h18H,3-10H2,1-2H3,(H2,14,15). The normalized spacial score (nSPS) is 18.5. The lowest BCUT2D eigenvalue weighted by molar-refractivity contribution is -0.144. The van der Waals surface area contributed by atoms with Gasteiger partial charge in [0.15, 0.2) is 5.84 Å². The number of carbonyl (C=O) groups excluding carboxylic acids is 1. The monoisotopic (exact) mass is 303 g/mol. The van der Waals surface area contributed by atoms with Gasteiger partial charge in [0, 0.05) is 40.5 Å². The van der Waals surface area contributed by atoms with E-state index in [4.69, 9.17) is 25.2 Å². The molecule has 1 amide bonds. The molecule has 1 fully saturated rings. The lowest BCUT2D eigenvalue weighted by Gasteiger charge is -2.38. The molecule has 0 aromatic rings. The molecule has 1 rings (SSSR count). The number of rotatable bonds is 8. The van der Waals surface area contributed by atoms with Crippen molar-refractivity contribution in [3.8, 4) is 0 Å². The number of nitrogens with zero attached hydrogens (tertiary/aromatic N) is 2. The highest BCUT2D eigenvalue weighted by molar-refractivity contribution is 6.06. The van der Waals surface area contributed by atoms with Crippen LogP contribution >= 0.6 is 0 Å². The fourth-order valence-electron chi connectivity index (χ4n) is 2.42. The van der Waals surface area contributed by atoms with E-state index in [0.29, 0.717) is 52.4 Å². The first-order chi connectivity index (χ1) is 10.1. The minimum atomic E-state index is -1.01. The summed E-state index contributed by atoms with van der Waals surface area (Å²) in [6.45, 7) is 2.51. The predicted molar refractivity (Wildman–Crippen MR) is 76.2 cm³/mol. The number of hydrogen-bond acceptors (Lipinski definition) is 6. The van der Waals surface area contributed by atoms with Gasteiger partial charge < -0.3 is 30.1 Å². The molecule has 1 aliphatic heterocycles. The molecule has 0 aliphatic carbocycles. The van der Waals surface area contributed by atoms with Crippen LogP contribution < -0.4 is 5.73 Å². The molecule has 0 unspecified atom stereocenters. The first kappa shape index (κ1) is 17.7. The van der Waals surface area contributed by atoms with Gasteiger partial charge in [-0.2, -0.15) is 0 Å². The van der Waals surface area contributed by atoms with E-state index in [2.05, 4.69) is 5.16 Å². The average molecular weight is 303 g/mol. The number of amides is 1. The molecule has 0 aromatic heterocycles. The zero-order chi connectivity index (χ0) is 15.7. The second-order valence-electron chi connectivity index (χ2n) is 4.96. The maximum absolute atomic E-state index is 12.9. The molecule has 0 atom stereocenters. The summed E-state index contributed by atoms with van der Waals surface area (Å²) < 4.78 is 15.4. The summed E-state index contributed by atoms with van der Waals surface area (Å²) in [6.07, 6.45) is 0.802. The van der Waals surface area contributed by atoms with Crippen LogP contribution in [0.4, 0.5) is 0 Å². The highest BCUT2D eigenvalue weighted by Crippen LogP contribution is 2.33. The molecule has 0 saturated carbocycles. The molecule has 0 bridgehead atoms. The van der Waals surface area contributed by atoms with E-state index >= 15 is 0 Å². The average Bonchev–Trinajstić information content (AvgIpc) is 2.54. The summed E-state index contributed by atoms with van der Waals surface area (Å²) in [5, 5.41) is 12.1. The molecule has 8 heteroatoms. The summed E-state index contributed by atoms with van der Waals surface area (Å²) in [5.41, 5.74) is 4.81. The van der Waals surface area contributed by atoms with E-state index in [0.717, 1.165) is 0 Å². The van der Waals surface area contributed by atoms with Crippen molar-refractivity contribution in [1.82, 2.24) is 4.90 Å². The van der Waals surface area contributed by atoms with Crippen LogP contribution in [0.5, 0.6) is 0 Å². The Hall–Kier alpha value is -1.38. The van der Waals surface area contributed by atoms with Crippen LogP contribution in [0.2, 0.25) is 0 Å². The third-order valence-electron chi connectivity index (χ3n) is 3.77. The Morgan fingerprint density at radius 2 is 1.81 bits per heavy atom. The summed E-state index contributed by atoms with van der Waals surface area (Å²) in [5.74, 6) is -0.231. The van der Waals surface area contributed by atoms with Crippen molar-refractivity contribution < 1.29 is 24.2 Å². The van der Waals surface area contributed by atoms with Crippen molar-refractivity contribution in [2.24, 2.45) is 16.3 Å². The highest BCUT2D eigenvalue weighted by atomic mass is 16.5. The lowest BCUT2D eigenvalue weighted by Crippen LogP contribution is -2.55. The van der Waals surface area contributed by atoms with Crippen molar-refractivity contribution in [2.45, 2.75) is 12.8 Å². The summed E-state index contributed by atoms with van der Waals surface area (Å²) >= 11 is 0. The van der Waals surface area contributed by atoms with Crippen LogP contribution in [0.15, 0.2) is 5.16 Å². The third kappa shape index (κ3) is 4.29. The van der Waals surface area contributed by atoms with Crippen LogP contribution in [-0.2, 0) is 19.0 Å². The van der Waals surface area contributed by atoms with Crippen LogP contribution in [0, 0.1) is 5.41 Å². The first-order valence-electron chi connectivity index (χ1n) is 6.95. The highest BCUT2D eigenvalue weighted by Gasteiger charge is 2.46. The topological polar surface area (TPSA) is 107 Å². The van der Waals surface area contributed by atoms with E-state index in [1.54, 1.807) is 19.1 Å². The second kappa shape index (κ2) is 8.81. The van der Waals surface area contributed by atoms with Crippen LogP contribution in [-0.4, -0.2) is 75.6 Å². The molecule has 8 nitrogen and oxygen atoms in total. The van der Waals surface area contributed by atoms with Crippen molar-refractivity contribution in [1.29, 1.82) is 0 Å². The van der Waals surface area contributed by atoms with E-state index < -0.39 is 5.41 Å². The minimum absolute atomic E-state index is 0.0596. The number of hydrogen-bond donors (Lipinski definition) is 2.